The molecule has 96 valence electrons. The SMILES string of the molecule is CCOc1ccc(C(F)(F)F)cc1S(=O)(=O)Cl. The first kappa shape index (κ1) is 14.1. The van der Waals surface area contributed by atoms with E-state index in [2.05, 4.69) is 0 Å². The van der Waals surface area contributed by atoms with Gasteiger partial charge in [0.1, 0.15) is 10.6 Å². The van der Waals surface area contributed by atoms with Gasteiger partial charge in [-0.05, 0) is 25.1 Å². The first-order valence-corrected chi connectivity index (χ1v) is 6.76. The number of benzene rings is 1. The van der Waals surface area contributed by atoms with Crippen molar-refractivity contribution in [2.75, 3.05) is 6.61 Å². The molecule has 1 aromatic rings. The summed E-state index contributed by atoms with van der Waals surface area (Å²) in [6.45, 7) is 1.69. The van der Waals surface area contributed by atoms with Crippen LogP contribution in [0.1, 0.15) is 12.5 Å². The van der Waals surface area contributed by atoms with E-state index in [-0.39, 0.29) is 12.4 Å². The number of hydrogen-bond donors (Lipinski definition) is 0. The Morgan fingerprint density at radius 1 is 1.35 bits per heavy atom. The second-order valence-electron chi connectivity index (χ2n) is 3.03. The molecule has 3 nitrogen and oxygen atoms in total. The Morgan fingerprint density at radius 3 is 2.35 bits per heavy atom. The molecule has 0 fully saturated rings. The van der Waals surface area contributed by atoms with E-state index in [1.54, 1.807) is 6.92 Å². The lowest BCUT2D eigenvalue weighted by molar-refractivity contribution is -0.137. The van der Waals surface area contributed by atoms with Crippen LogP contribution in [-0.4, -0.2) is 15.0 Å². The van der Waals surface area contributed by atoms with Crippen LogP contribution in [0.3, 0.4) is 0 Å². The van der Waals surface area contributed by atoms with E-state index >= 15 is 0 Å². The molecule has 17 heavy (non-hydrogen) atoms. The maximum absolute atomic E-state index is 12.4. The smallest absolute Gasteiger partial charge is 0.416 e. The van der Waals surface area contributed by atoms with Gasteiger partial charge in [0.05, 0.1) is 12.2 Å². The standard InChI is InChI=1S/C9H8ClF3O3S/c1-2-16-7-4-3-6(9(11,12)13)5-8(7)17(10,14)15/h3-5H,2H2,1H3. The van der Waals surface area contributed by atoms with Gasteiger partial charge in [0.15, 0.2) is 0 Å². The molecule has 0 aliphatic rings. The minimum Gasteiger partial charge on any atom is -0.492 e. The number of rotatable bonds is 3. The lowest BCUT2D eigenvalue weighted by Crippen LogP contribution is -2.07. The van der Waals surface area contributed by atoms with Gasteiger partial charge < -0.3 is 4.74 Å². The molecule has 0 atom stereocenters. The Bertz CT molecular complexity index is 511. The number of hydrogen-bond acceptors (Lipinski definition) is 3. The summed E-state index contributed by atoms with van der Waals surface area (Å²) in [4.78, 5) is -0.684. The van der Waals surface area contributed by atoms with Crippen LogP contribution in [0.4, 0.5) is 13.2 Å². The zero-order chi connectivity index (χ0) is 13.3. The lowest BCUT2D eigenvalue weighted by Gasteiger charge is -2.11. The maximum atomic E-state index is 12.4. The molecule has 0 saturated heterocycles. The highest BCUT2D eigenvalue weighted by Crippen LogP contribution is 2.35. The van der Waals surface area contributed by atoms with E-state index in [0.717, 1.165) is 12.1 Å². The van der Waals surface area contributed by atoms with Crippen LogP contribution in [0, 0.1) is 0 Å². The van der Waals surface area contributed by atoms with Gasteiger partial charge in [0.2, 0.25) is 0 Å². The van der Waals surface area contributed by atoms with Crippen molar-refractivity contribution in [1.29, 1.82) is 0 Å². The molecule has 0 aromatic heterocycles. The fraction of sp³-hybridized carbons (Fsp3) is 0.333. The third-order valence-electron chi connectivity index (χ3n) is 1.83. The zero-order valence-electron chi connectivity index (χ0n) is 8.58. The Labute approximate surface area is 101 Å². The molecule has 1 aromatic carbocycles. The first-order chi connectivity index (χ1) is 7.66. The van der Waals surface area contributed by atoms with E-state index in [9.17, 15) is 21.6 Å². The minimum atomic E-state index is -4.64. The van der Waals surface area contributed by atoms with Crippen LogP contribution in [0.5, 0.6) is 5.75 Å². The van der Waals surface area contributed by atoms with Crippen LogP contribution < -0.4 is 4.74 Å². The topological polar surface area (TPSA) is 43.4 Å². The molecule has 0 saturated carbocycles. The Kier molecular flexibility index (Phi) is 3.93. The molecule has 0 bridgehead atoms. The predicted molar refractivity (Wildman–Crippen MR) is 55.7 cm³/mol. The van der Waals surface area contributed by atoms with Crippen molar-refractivity contribution in [2.24, 2.45) is 0 Å². The zero-order valence-corrected chi connectivity index (χ0v) is 10.2. The highest BCUT2D eigenvalue weighted by molar-refractivity contribution is 8.13. The summed E-state index contributed by atoms with van der Waals surface area (Å²) in [6, 6.07) is 2.12. The Hall–Kier alpha value is -0.950. The van der Waals surface area contributed by atoms with Crippen molar-refractivity contribution in [1.82, 2.24) is 0 Å². The maximum Gasteiger partial charge on any atom is 0.416 e. The summed E-state index contributed by atoms with van der Waals surface area (Å²) in [7, 11) is 0.755. The predicted octanol–water partition coefficient (Wildman–Crippen LogP) is 3.03. The van der Waals surface area contributed by atoms with Gasteiger partial charge in [-0.2, -0.15) is 13.2 Å². The summed E-state index contributed by atoms with van der Waals surface area (Å²) in [5, 5.41) is 0. The first-order valence-electron chi connectivity index (χ1n) is 4.45. The summed E-state index contributed by atoms with van der Waals surface area (Å²) < 4.78 is 64.3. The van der Waals surface area contributed by atoms with Gasteiger partial charge in [-0.25, -0.2) is 8.42 Å². The van der Waals surface area contributed by atoms with E-state index < -0.39 is 25.7 Å². The third kappa shape index (κ3) is 3.50. The monoisotopic (exact) mass is 288 g/mol. The van der Waals surface area contributed by atoms with Crippen LogP contribution in [0.2, 0.25) is 0 Å². The second kappa shape index (κ2) is 4.73. The second-order valence-corrected chi connectivity index (χ2v) is 5.56. The van der Waals surface area contributed by atoms with Crippen LogP contribution in [0.15, 0.2) is 23.1 Å². The quantitative estimate of drug-likeness (QED) is 0.803. The Balaban J connectivity index is 3.40. The number of alkyl halides is 3. The van der Waals surface area contributed by atoms with E-state index in [1.165, 1.54) is 0 Å². The molecule has 1 rings (SSSR count). The molecule has 0 heterocycles. The van der Waals surface area contributed by atoms with Crippen molar-refractivity contribution >= 4 is 19.7 Å². The molecule has 0 amide bonds. The normalized spacial score (nSPS) is 12.5. The largest absolute Gasteiger partial charge is 0.492 e. The van der Waals surface area contributed by atoms with Gasteiger partial charge in [-0.3, -0.25) is 0 Å². The third-order valence-corrected chi connectivity index (χ3v) is 3.18. The van der Waals surface area contributed by atoms with Crippen molar-refractivity contribution in [3.8, 4) is 5.75 Å². The van der Waals surface area contributed by atoms with Crippen molar-refractivity contribution < 1.29 is 26.3 Å². The molecule has 0 aliphatic heterocycles. The van der Waals surface area contributed by atoms with E-state index in [4.69, 9.17) is 15.4 Å². The van der Waals surface area contributed by atoms with Crippen LogP contribution >= 0.6 is 10.7 Å². The average molecular weight is 289 g/mol. The summed E-state index contributed by atoms with van der Waals surface area (Å²) in [5.41, 5.74) is -1.10. The number of halogens is 4. The van der Waals surface area contributed by atoms with Gasteiger partial charge in [0.25, 0.3) is 9.05 Å². The van der Waals surface area contributed by atoms with Crippen molar-refractivity contribution in [3.63, 3.8) is 0 Å². The molecular formula is C9H8ClF3O3S. The highest BCUT2D eigenvalue weighted by Gasteiger charge is 2.32. The lowest BCUT2D eigenvalue weighted by atomic mass is 10.2. The van der Waals surface area contributed by atoms with Gasteiger partial charge in [-0.15, -0.1) is 0 Å². The van der Waals surface area contributed by atoms with Crippen molar-refractivity contribution in [3.05, 3.63) is 23.8 Å². The molecule has 0 aliphatic carbocycles. The van der Waals surface area contributed by atoms with Gasteiger partial charge >= 0.3 is 6.18 Å². The summed E-state index contributed by atoms with van der Waals surface area (Å²) >= 11 is 0. The van der Waals surface area contributed by atoms with Crippen LogP contribution in [-0.2, 0) is 15.2 Å². The molecule has 0 spiro atoms. The fourth-order valence-electron chi connectivity index (χ4n) is 1.15. The van der Waals surface area contributed by atoms with E-state index in [0.29, 0.717) is 6.07 Å². The summed E-state index contributed by atoms with van der Waals surface area (Å²) in [6.07, 6.45) is -4.64. The minimum absolute atomic E-state index is 0.116. The molecule has 0 radical (unpaired) electrons. The van der Waals surface area contributed by atoms with Gasteiger partial charge in [0, 0.05) is 10.7 Å². The number of ether oxygens (including phenoxy) is 1. The van der Waals surface area contributed by atoms with Crippen molar-refractivity contribution in [2.45, 2.75) is 18.0 Å². The molecule has 0 N–H and O–H groups in total. The van der Waals surface area contributed by atoms with Gasteiger partial charge in [-0.1, -0.05) is 0 Å². The highest BCUT2D eigenvalue weighted by atomic mass is 35.7. The van der Waals surface area contributed by atoms with Crippen LogP contribution in [0.25, 0.3) is 0 Å². The molecule has 8 heteroatoms. The summed E-state index contributed by atoms with van der Waals surface area (Å²) in [5.74, 6) is -0.199. The molecular weight excluding hydrogens is 281 g/mol. The Morgan fingerprint density at radius 2 is 1.94 bits per heavy atom. The average Bonchev–Trinajstić information content (AvgIpc) is 2.15. The van der Waals surface area contributed by atoms with E-state index in [1.807, 2.05) is 0 Å². The fourth-order valence-corrected chi connectivity index (χ4v) is 2.15. The molecule has 0 unspecified atom stereocenters.